The van der Waals surface area contributed by atoms with E-state index in [2.05, 4.69) is 0 Å². The van der Waals surface area contributed by atoms with Gasteiger partial charge in [0.05, 0.1) is 0 Å². The summed E-state index contributed by atoms with van der Waals surface area (Å²) in [6.07, 6.45) is -2.29. The third-order valence-corrected chi connectivity index (χ3v) is 3.54. The van der Waals surface area contributed by atoms with E-state index < -0.39 is 46.0 Å². The molecule has 0 heterocycles. The summed E-state index contributed by atoms with van der Waals surface area (Å²) >= 11 is 0. The lowest BCUT2D eigenvalue weighted by Crippen LogP contribution is -2.64. The molecule has 0 atom stereocenters. The third-order valence-electron chi connectivity index (χ3n) is 2.64. The number of alkyl halides is 8. The lowest BCUT2D eigenvalue weighted by atomic mass is 9.99. The first kappa shape index (κ1) is 23.6. The predicted molar refractivity (Wildman–Crippen MR) is 60.5 cm³/mol. The average Bonchev–Trinajstić information content (AvgIpc) is 2.26. The molecule has 0 bridgehead atoms. The minimum atomic E-state index is -7.03. The van der Waals surface area contributed by atoms with Crippen LogP contribution in [0, 0.1) is 0 Å². The monoisotopic (exact) mass is 369 g/mol. The van der Waals surface area contributed by atoms with Gasteiger partial charge in [0, 0.05) is 6.42 Å². The second-order valence-corrected chi connectivity index (χ2v) is 5.77. The lowest BCUT2D eigenvalue weighted by Gasteiger charge is -2.35. The van der Waals surface area contributed by atoms with Crippen molar-refractivity contribution in [3.8, 4) is 0 Å². The van der Waals surface area contributed by atoms with Crippen molar-refractivity contribution in [1.29, 1.82) is 0 Å². The van der Waals surface area contributed by atoms with Crippen LogP contribution in [0.25, 0.3) is 0 Å². The SMILES string of the molecule is CCCCCC(F)(F)C(F)(F)C(F)(F)C(F)(F)S(=O)(=O)O.N. The van der Waals surface area contributed by atoms with Crippen molar-refractivity contribution in [3.05, 3.63) is 0 Å². The quantitative estimate of drug-likeness (QED) is 0.383. The Morgan fingerprint density at radius 2 is 1.27 bits per heavy atom. The highest BCUT2D eigenvalue weighted by atomic mass is 32.2. The summed E-state index contributed by atoms with van der Waals surface area (Å²) in [5.74, 6) is -19.3. The van der Waals surface area contributed by atoms with Crippen LogP contribution in [0.15, 0.2) is 0 Å². The third kappa shape index (κ3) is 3.79. The van der Waals surface area contributed by atoms with E-state index in [0.717, 1.165) is 0 Å². The van der Waals surface area contributed by atoms with Crippen LogP contribution < -0.4 is 6.15 Å². The normalized spacial score (nSPS) is 14.6. The van der Waals surface area contributed by atoms with Gasteiger partial charge in [-0.3, -0.25) is 4.55 Å². The predicted octanol–water partition coefficient (Wildman–Crippen LogP) is 4.12. The van der Waals surface area contributed by atoms with Crippen LogP contribution >= 0.6 is 0 Å². The first-order chi connectivity index (χ1) is 9.06. The molecule has 0 saturated carbocycles. The molecule has 4 nitrogen and oxygen atoms in total. The lowest BCUT2D eigenvalue weighted by molar-refractivity contribution is -0.349. The van der Waals surface area contributed by atoms with E-state index in [9.17, 15) is 43.5 Å². The van der Waals surface area contributed by atoms with Gasteiger partial charge in [-0.25, -0.2) is 0 Å². The summed E-state index contributed by atoms with van der Waals surface area (Å²) in [5, 5.41) is -6.77. The Balaban J connectivity index is 0. The van der Waals surface area contributed by atoms with Crippen molar-refractivity contribution < 1.29 is 48.1 Å². The standard InChI is InChI=1S/C9H12F8O3S.H3N/c1-2-3-4-5-6(10,11)7(12,13)8(14,15)9(16,17)21(18,19)20;/h2-5H2,1H3,(H,18,19,20);1H3. The summed E-state index contributed by atoms with van der Waals surface area (Å²) in [6, 6.07) is 0. The Kier molecular flexibility index (Phi) is 7.31. The number of hydrogen-bond acceptors (Lipinski definition) is 3. The van der Waals surface area contributed by atoms with E-state index in [-0.39, 0.29) is 19.0 Å². The maximum absolute atomic E-state index is 13.1. The van der Waals surface area contributed by atoms with Crippen molar-refractivity contribution >= 4 is 10.1 Å². The molecule has 13 heteroatoms. The molecule has 0 aliphatic heterocycles. The van der Waals surface area contributed by atoms with Crippen LogP contribution in [0.1, 0.15) is 32.6 Å². The van der Waals surface area contributed by atoms with Gasteiger partial charge < -0.3 is 6.15 Å². The van der Waals surface area contributed by atoms with Gasteiger partial charge in [0.25, 0.3) is 0 Å². The highest BCUT2D eigenvalue weighted by Crippen LogP contribution is 2.55. The van der Waals surface area contributed by atoms with E-state index in [1.54, 1.807) is 0 Å². The van der Waals surface area contributed by atoms with Gasteiger partial charge in [0.1, 0.15) is 0 Å². The molecule has 22 heavy (non-hydrogen) atoms. The van der Waals surface area contributed by atoms with Crippen LogP contribution in [0.2, 0.25) is 0 Å². The molecular formula is C9H15F8NO3S. The first-order valence-electron chi connectivity index (χ1n) is 5.54. The Morgan fingerprint density at radius 3 is 1.59 bits per heavy atom. The number of hydrogen-bond donors (Lipinski definition) is 2. The second-order valence-electron chi connectivity index (χ2n) is 4.30. The van der Waals surface area contributed by atoms with Crippen LogP contribution in [0.3, 0.4) is 0 Å². The summed E-state index contributed by atoms with van der Waals surface area (Å²) in [7, 11) is -7.03. The number of unbranched alkanes of at least 4 members (excludes halogenated alkanes) is 2. The van der Waals surface area contributed by atoms with E-state index in [0.29, 0.717) is 0 Å². The maximum Gasteiger partial charge on any atom is 0.438 e. The van der Waals surface area contributed by atoms with Gasteiger partial charge in [-0.2, -0.15) is 43.5 Å². The van der Waals surface area contributed by atoms with Gasteiger partial charge >= 0.3 is 33.1 Å². The molecule has 0 rings (SSSR count). The molecule has 136 valence electrons. The zero-order valence-electron chi connectivity index (χ0n) is 11.2. The van der Waals surface area contributed by atoms with Gasteiger partial charge in [-0.1, -0.05) is 19.8 Å². The smallest absolute Gasteiger partial charge is 0.344 e. The topological polar surface area (TPSA) is 89.4 Å². The van der Waals surface area contributed by atoms with Crippen LogP contribution in [0.4, 0.5) is 35.1 Å². The fourth-order valence-electron chi connectivity index (χ4n) is 1.33. The molecule has 4 N–H and O–H groups in total. The Bertz CT molecular complexity index is 465. The summed E-state index contributed by atoms with van der Waals surface area (Å²) in [4.78, 5) is 0. The second kappa shape index (κ2) is 6.83. The minimum Gasteiger partial charge on any atom is -0.344 e. The fraction of sp³-hybridized carbons (Fsp3) is 1.00. The van der Waals surface area contributed by atoms with Crippen molar-refractivity contribution in [2.24, 2.45) is 0 Å². The molecule has 0 amide bonds. The van der Waals surface area contributed by atoms with E-state index >= 15 is 0 Å². The van der Waals surface area contributed by atoms with Crippen molar-refractivity contribution in [3.63, 3.8) is 0 Å². The molecule has 0 aromatic heterocycles. The number of halogens is 8. The van der Waals surface area contributed by atoms with Crippen LogP contribution in [-0.2, 0) is 10.1 Å². The largest absolute Gasteiger partial charge is 0.438 e. The molecule has 0 aromatic rings. The summed E-state index contributed by atoms with van der Waals surface area (Å²) in [6.45, 7) is 1.48. The van der Waals surface area contributed by atoms with Crippen molar-refractivity contribution in [2.45, 2.75) is 55.6 Å². The highest BCUT2D eigenvalue weighted by molar-refractivity contribution is 7.87. The van der Waals surface area contributed by atoms with Gasteiger partial charge in [-0.05, 0) is 6.42 Å². The van der Waals surface area contributed by atoms with Crippen LogP contribution in [-0.4, -0.2) is 36.0 Å². The molecule has 0 fully saturated rings. The van der Waals surface area contributed by atoms with E-state index in [4.69, 9.17) is 4.55 Å². The Hall–Kier alpha value is -0.690. The average molecular weight is 369 g/mol. The number of rotatable bonds is 8. The van der Waals surface area contributed by atoms with Crippen LogP contribution in [0.5, 0.6) is 0 Å². The maximum atomic E-state index is 13.1. The van der Waals surface area contributed by atoms with E-state index in [1.165, 1.54) is 6.92 Å². The molecule has 0 aliphatic carbocycles. The zero-order valence-corrected chi connectivity index (χ0v) is 12.0. The molecule has 0 unspecified atom stereocenters. The minimum absolute atomic E-state index is 0. The highest BCUT2D eigenvalue weighted by Gasteiger charge is 2.83. The first-order valence-corrected chi connectivity index (χ1v) is 6.98. The van der Waals surface area contributed by atoms with Crippen molar-refractivity contribution in [1.82, 2.24) is 6.15 Å². The van der Waals surface area contributed by atoms with Gasteiger partial charge in [-0.15, -0.1) is 0 Å². The summed E-state index contributed by atoms with van der Waals surface area (Å²) < 4.78 is 132. The van der Waals surface area contributed by atoms with E-state index in [1.807, 2.05) is 0 Å². The zero-order chi connectivity index (χ0) is 17.3. The summed E-state index contributed by atoms with van der Waals surface area (Å²) in [5.41, 5.74) is 0. The fourth-order valence-corrected chi connectivity index (χ4v) is 1.78. The molecule has 0 saturated heterocycles. The molecular weight excluding hydrogens is 354 g/mol. The van der Waals surface area contributed by atoms with Gasteiger partial charge in [0.2, 0.25) is 0 Å². The molecule has 0 aliphatic rings. The van der Waals surface area contributed by atoms with Gasteiger partial charge in [0.15, 0.2) is 0 Å². The molecule has 0 spiro atoms. The molecule has 0 aromatic carbocycles. The Labute approximate surface area is 121 Å². The van der Waals surface area contributed by atoms with Crippen molar-refractivity contribution in [2.75, 3.05) is 0 Å². The Morgan fingerprint density at radius 1 is 0.864 bits per heavy atom. The molecule has 0 radical (unpaired) electrons.